The van der Waals surface area contributed by atoms with E-state index in [9.17, 15) is 38.4 Å². The van der Waals surface area contributed by atoms with Gasteiger partial charge in [-0.1, -0.05) is 0 Å². The highest BCUT2D eigenvalue weighted by Gasteiger charge is 2.52. The second-order valence-corrected chi connectivity index (χ2v) is 7.80. The molecule has 0 aromatic rings. The third kappa shape index (κ3) is 13.2. The van der Waals surface area contributed by atoms with Crippen LogP contribution in [0.1, 0.15) is 48.5 Å². The van der Waals surface area contributed by atoms with Gasteiger partial charge in [0.1, 0.15) is 6.61 Å². The second-order valence-electron chi connectivity index (χ2n) is 7.80. The van der Waals surface area contributed by atoms with Crippen molar-refractivity contribution in [2.24, 2.45) is 0 Å². The summed E-state index contributed by atoms with van der Waals surface area (Å²) in [6.07, 6.45) is -11.9. The summed E-state index contributed by atoms with van der Waals surface area (Å²) in [7, 11) is 0.908. The molecule has 6 atom stereocenters. The van der Waals surface area contributed by atoms with E-state index in [-0.39, 0.29) is 0 Å². The summed E-state index contributed by atoms with van der Waals surface area (Å²) >= 11 is 0. The Morgan fingerprint density at radius 2 is 0.821 bits per heavy atom. The molecule has 0 aliphatic heterocycles. The Bertz CT molecular complexity index is 940. The lowest BCUT2D eigenvalue weighted by molar-refractivity contribution is -0.223. The van der Waals surface area contributed by atoms with Crippen LogP contribution >= 0.6 is 0 Å². The number of ether oxygens (including phenoxy) is 8. The van der Waals surface area contributed by atoms with Gasteiger partial charge in [0, 0.05) is 48.5 Å². The molecule has 0 bridgehead atoms. The van der Waals surface area contributed by atoms with E-state index >= 15 is 0 Å². The molecule has 0 aliphatic rings. The molecule has 0 rings (SSSR count). The lowest BCUT2D eigenvalue weighted by Crippen LogP contribution is -2.60. The minimum Gasteiger partial charge on any atom is -0.466 e. The number of hydrogen-bond donors (Lipinski definition) is 0. The molecular weight excluding hydrogens is 532 g/mol. The van der Waals surface area contributed by atoms with Gasteiger partial charge in [-0.25, -0.2) is 4.79 Å². The quantitative estimate of drug-likeness (QED) is 0.189. The van der Waals surface area contributed by atoms with Crippen LogP contribution in [0.4, 0.5) is 0 Å². The molecule has 39 heavy (non-hydrogen) atoms. The predicted octanol–water partition coefficient (Wildman–Crippen LogP) is -0.687. The molecule has 16 nitrogen and oxygen atoms in total. The number of hydrogen-bond acceptors (Lipinski definition) is 16. The Morgan fingerprint density at radius 3 is 1.18 bits per heavy atom. The molecule has 0 fully saturated rings. The predicted molar refractivity (Wildman–Crippen MR) is 122 cm³/mol. The van der Waals surface area contributed by atoms with Gasteiger partial charge in [-0.2, -0.15) is 0 Å². The summed E-state index contributed by atoms with van der Waals surface area (Å²) < 4.78 is 40.5. The Hall–Kier alpha value is -4.24. The van der Waals surface area contributed by atoms with Gasteiger partial charge in [0.25, 0.3) is 0 Å². The van der Waals surface area contributed by atoms with Crippen molar-refractivity contribution in [2.75, 3.05) is 13.7 Å². The van der Waals surface area contributed by atoms with Crippen molar-refractivity contribution >= 4 is 47.8 Å². The largest absolute Gasteiger partial charge is 0.466 e. The van der Waals surface area contributed by atoms with Crippen LogP contribution in [-0.4, -0.2) is 98.1 Å². The fourth-order valence-electron chi connectivity index (χ4n) is 3.22. The van der Waals surface area contributed by atoms with Crippen molar-refractivity contribution < 1.29 is 76.3 Å². The summed E-state index contributed by atoms with van der Waals surface area (Å²) in [6, 6.07) is 0. The van der Waals surface area contributed by atoms with Crippen molar-refractivity contribution in [2.45, 2.75) is 85.1 Å². The highest BCUT2D eigenvalue weighted by atomic mass is 16.7. The van der Waals surface area contributed by atoms with Crippen molar-refractivity contribution in [3.8, 4) is 0 Å². The number of carbonyl (C=O) groups excluding carboxylic acids is 8. The molecule has 0 aliphatic carbocycles. The van der Waals surface area contributed by atoms with Gasteiger partial charge in [0.05, 0.1) is 7.11 Å². The van der Waals surface area contributed by atoms with Crippen molar-refractivity contribution in [3.05, 3.63) is 0 Å². The van der Waals surface area contributed by atoms with Crippen LogP contribution in [0.2, 0.25) is 0 Å². The van der Waals surface area contributed by atoms with Crippen molar-refractivity contribution in [1.29, 1.82) is 0 Å². The lowest BCUT2D eigenvalue weighted by atomic mass is 9.95. The van der Waals surface area contributed by atoms with Gasteiger partial charge < -0.3 is 37.9 Å². The fourth-order valence-corrected chi connectivity index (χ4v) is 3.22. The lowest BCUT2D eigenvalue weighted by Gasteiger charge is -2.39. The minimum absolute atomic E-state index is 0.750. The second kappa shape index (κ2) is 16.6. The minimum atomic E-state index is -2.10. The maximum Gasteiger partial charge on any atom is 0.351 e. The van der Waals surface area contributed by atoms with Crippen LogP contribution < -0.4 is 0 Å². The smallest absolute Gasteiger partial charge is 0.351 e. The third-order valence-corrected chi connectivity index (χ3v) is 4.34. The topological polar surface area (TPSA) is 210 Å². The zero-order valence-corrected chi connectivity index (χ0v) is 22.7. The maximum absolute atomic E-state index is 12.6. The number of rotatable bonds is 14. The van der Waals surface area contributed by atoms with Gasteiger partial charge in [-0.05, 0) is 0 Å². The molecule has 0 saturated heterocycles. The van der Waals surface area contributed by atoms with Gasteiger partial charge in [0.15, 0.2) is 30.5 Å². The zero-order chi connectivity index (χ0) is 30.4. The molecule has 0 saturated carbocycles. The number of esters is 8. The first-order chi connectivity index (χ1) is 18.0. The van der Waals surface area contributed by atoms with Crippen LogP contribution in [0.3, 0.4) is 0 Å². The van der Waals surface area contributed by atoms with E-state index in [0.29, 0.717) is 0 Å². The van der Waals surface area contributed by atoms with Gasteiger partial charge in [0.2, 0.25) is 6.10 Å². The average Bonchev–Trinajstić information content (AvgIpc) is 2.78. The average molecular weight is 564 g/mol. The summed E-state index contributed by atoms with van der Waals surface area (Å²) in [5, 5.41) is 0. The molecule has 220 valence electrons. The van der Waals surface area contributed by atoms with E-state index in [1.807, 2.05) is 0 Å². The first-order valence-corrected chi connectivity index (χ1v) is 11.2. The normalized spacial score (nSPS) is 15.0. The summed E-state index contributed by atoms with van der Waals surface area (Å²) in [6.45, 7) is 5.76. The van der Waals surface area contributed by atoms with E-state index in [4.69, 9.17) is 33.2 Å². The van der Waals surface area contributed by atoms with Crippen molar-refractivity contribution in [3.63, 3.8) is 0 Å². The number of carbonyl (C=O) groups is 8. The van der Waals surface area contributed by atoms with Gasteiger partial charge in [-0.3, -0.25) is 33.6 Å². The van der Waals surface area contributed by atoms with E-state index < -0.39 is 91.0 Å². The van der Waals surface area contributed by atoms with Gasteiger partial charge in [-0.15, -0.1) is 0 Å². The highest BCUT2D eigenvalue weighted by molar-refractivity contribution is 5.80. The van der Waals surface area contributed by atoms with E-state index in [1.54, 1.807) is 0 Å². The summed E-state index contributed by atoms with van der Waals surface area (Å²) in [5.74, 6) is -8.43. The Labute approximate surface area is 223 Å². The van der Waals surface area contributed by atoms with Gasteiger partial charge >= 0.3 is 47.8 Å². The van der Waals surface area contributed by atoms with Crippen LogP contribution in [0.5, 0.6) is 0 Å². The molecule has 16 heteroatoms. The highest BCUT2D eigenvalue weighted by Crippen LogP contribution is 2.26. The molecule has 0 amide bonds. The SMILES string of the molecule is COC(=O)[C@@H](OC(C)=O)[C@H](OC(C)=O)[C@@H](OC(C)=O)[C@@H](OC(C)=O)[C@@H](OC(C)=O)[C@@H](COC(C)=O)OC(C)=O. The summed E-state index contributed by atoms with van der Waals surface area (Å²) in [4.78, 5) is 96.0. The molecule has 0 heterocycles. The van der Waals surface area contributed by atoms with E-state index in [2.05, 4.69) is 4.74 Å². The van der Waals surface area contributed by atoms with Crippen molar-refractivity contribution in [1.82, 2.24) is 0 Å². The first-order valence-electron chi connectivity index (χ1n) is 11.2. The fraction of sp³-hybridized carbons (Fsp3) is 0.652. The molecule has 0 unspecified atom stereocenters. The van der Waals surface area contributed by atoms with E-state index in [1.165, 1.54) is 0 Å². The first kappa shape index (κ1) is 34.8. The Morgan fingerprint density at radius 1 is 0.462 bits per heavy atom. The molecule has 0 radical (unpaired) electrons. The van der Waals surface area contributed by atoms with Crippen LogP contribution in [0.25, 0.3) is 0 Å². The molecule has 0 N–H and O–H groups in total. The van der Waals surface area contributed by atoms with E-state index in [0.717, 1.165) is 55.6 Å². The monoisotopic (exact) mass is 564 g/mol. The standard InChI is InChI=1S/C23H32O16/c1-10(24)33-9-17(34-11(2)25)18(35-12(3)26)19(36-13(4)27)20(37-14(5)28)21(38-15(6)29)22(23(31)32-8)39-16(7)30/h17-22H,9H2,1-8H3/t17-,18+,19+,20+,21-,22+/m1/s1. The molecule has 0 spiro atoms. The molecule has 0 aromatic heterocycles. The molecule has 0 aromatic carbocycles. The third-order valence-electron chi connectivity index (χ3n) is 4.34. The van der Waals surface area contributed by atoms with Crippen LogP contribution in [0.15, 0.2) is 0 Å². The summed E-state index contributed by atoms with van der Waals surface area (Å²) in [5.41, 5.74) is 0. The van der Waals surface area contributed by atoms with Crippen LogP contribution in [-0.2, 0) is 76.3 Å². The number of methoxy groups -OCH3 is 1. The Balaban J connectivity index is 7.31. The van der Waals surface area contributed by atoms with Crippen LogP contribution in [0, 0.1) is 0 Å². The zero-order valence-electron chi connectivity index (χ0n) is 22.7. The maximum atomic E-state index is 12.6. The Kier molecular flexibility index (Phi) is 14.8. The molecular formula is C23H32O16.